The molecule has 0 saturated carbocycles. The Morgan fingerprint density at radius 1 is 1.36 bits per heavy atom. The molecule has 1 aliphatic carbocycles. The summed E-state index contributed by atoms with van der Waals surface area (Å²) in [7, 11) is 0. The van der Waals surface area contributed by atoms with Crippen molar-refractivity contribution in [2.45, 2.75) is 31.7 Å². The fraction of sp³-hybridized carbons (Fsp3) is 0.583. The van der Waals surface area contributed by atoms with E-state index in [4.69, 9.17) is 0 Å². The Bertz CT molecular complexity index is 335. The third-order valence-electron chi connectivity index (χ3n) is 3.59. The summed E-state index contributed by atoms with van der Waals surface area (Å²) < 4.78 is 0. The number of hydrogen-bond donors (Lipinski definition) is 1. The van der Waals surface area contributed by atoms with E-state index in [1.807, 2.05) is 6.20 Å². The van der Waals surface area contributed by atoms with Gasteiger partial charge in [0, 0.05) is 6.20 Å². The molecule has 0 aromatic carbocycles. The van der Waals surface area contributed by atoms with Crippen molar-refractivity contribution in [1.82, 2.24) is 10.3 Å². The smallest absolute Gasteiger partial charge is 0.0607 e. The molecule has 2 aliphatic rings. The van der Waals surface area contributed by atoms with E-state index < -0.39 is 0 Å². The van der Waals surface area contributed by atoms with Crippen LogP contribution in [0, 0.1) is 5.92 Å². The van der Waals surface area contributed by atoms with E-state index in [1.54, 1.807) is 0 Å². The van der Waals surface area contributed by atoms with Gasteiger partial charge in [-0.2, -0.15) is 0 Å². The van der Waals surface area contributed by atoms with Gasteiger partial charge >= 0.3 is 0 Å². The molecule has 1 saturated heterocycles. The molecular weight excluding hydrogens is 172 g/mol. The lowest BCUT2D eigenvalue weighted by Gasteiger charge is -2.36. The van der Waals surface area contributed by atoms with E-state index in [1.165, 1.54) is 36.9 Å². The maximum Gasteiger partial charge on any atom is 0.0607 e. The van der Waals surface area contributed by atoms with Crippen LogP contribution in [-0.2, 0) is 6.42 Å². The highest BCUT2D eigenvalue weighted by molar-refractivity contribution is 5.26. The number of aryl methyl sites for hydroxylation is 1. The zero-order chi connectivity index (χ0) is 9.38. The summed E-state index contributed by atoms with van der Waals surface area (Å²) in [6.07, 6.45) is 7.22. The number of pyridine rings is 1. The highest BCUT2D eigenvalue weighted by Crippen LogP contribution is 2.37. The first-order chi connectivity index (χ1) is 6.95. The van der Waals surface area contributed by atoms with Crippen molar-refractivity contribution in [3.05, 3.63) is 29.6 Å². The maximum absolute atomic E-state index is 4.54. The number of nitrogens with zero attached hydrogens (tertiary/aromatic N) is 1. The molecule has 14 heavy (non-hydrogen) atoms. The van der Waals surface area contributed by atoms with Crippen molar-refractivity contribution in [3.8, 4) is 0 Å². The van der Waals surface area contributed by atoms with Crippen LogP contribution in [0.15, 0.2) is 18.3 Å². The van der Waals surface area contributed by atoms with Gasteiger partial charge in [-0.25, -0.2) is 0 Å². The Morgan fingerprint density at radius 2 is 2.36 bits per heavy atom. The van der Waals surface area contributed by atoms with Crippen LogP contribution in [0.2, 0.25) is 0 Å². The lowest BCUT2D eigenvalue weighted by molar-refractivity contribution is 0.249. The topological polar surface area (TPSA) is 24.9 Å². The Balaban J connectivity index is 1.99. The fourth-order valence-corrected chi connectivity index (χ4v) is 2.87. The Kier molecular flexibility index (Phi) is 2.02. The summed E-state index contributed by atoms with van der Waals surface area (Å²) in [5.74, 6) is 0.839. The van der Waals surface area contributed by atoms with E-state index in [0.717, 1.165) is 12.5 Å². The molecule has 1 N–H and O–H groups in total. The summed E-state index contributed by atoms with van der Waals surface area (Å²) in [5.41, 5.74) is 2.78. The molecule has 0 spiro atoms. The molecule has 2 atom stereocenters. The van der Waals surface area contributed by atoms with Gasteiger partial charge in [-0.3, -0.25) is 4.98 Å². The molecule has 0 amide bonds. The van der Waals surface area contributed by atoms with Crippen LogP contribution in [0.1, 0.15) is 36.6 Å². The number of aromatic nitrogens is 1. The van der Waals surface area contributed by atoms with E-state index in [2.05, 4.69) is 22.4 Å². The summed E-state index contributed by atoms with van der Waals surface area (Å²) in [5, 5.41) is 3.61. The van der Waals surface area contributed by atoms with Crippen LogP contribution in [0.3, 0.4) is 0 Å². The molecule has 0 radical (unpaired) electrons. The third-order valence-corrected chi connectivity index (χ3v) is 3.59. The summed E-state index contributed by atoms with van der Waals surface area (Å²) in [6, 6.07) is 4.84. The van der Waals surface area contributed by atoms with E-state index in [9.17, 15) is 0 Å². The summed E-state index contributed by atoms with van der Waals surface area (Å²) in [6.45, 7) is 1.16. The zero-order valence-electron chi connectivity index (χ0n) is 8.37. The van der Waals surface area contributed by atoms with Gasteiger partial charge in [0.2, 0.25) is 0 Å². The molecule has 2 nitrogen and oxygen atoms in total. The molecule has 0 unspecified atom stereocenters. The van der Waals surface area contributed by atoms with Crippen molar-refractivity contribution in [2.75, 3.05) is 6.54 Å². The van der Waals surface area contributed by atoms with E-state index in [0.29, 0.717) is 6.04 Å². The monoisotopic (exact) mass is 188 g/mol. The van der Waals surface area contributed by atoms with Gasteiger partial charge in [0.15, 0.2) is 0 Å². The standard InChI is InChI=1S/C12H16N2/c1-3-9-5-6-10-4-2-8-14-12(10)11(9)13-7-1/h1,3,7,10,12,14H,2,4-6,8H2/t10-,12-/m0/s1. The molecule has 3 rings (SSSR count). The molecule has 2 heterocycles. The predicted octanol–water partition coefficient (Wildman–Crippen LogP) is 2.07. The molecule has 1 aromatic heterocycles. The number of piperidine rings is 1. The predicted molar refractivity (Wildman–Crippen MR) is 56.0 cm³/mol. The second-order valence-corrected chi connectivity index (χ2v) is 4.42. The van der Waals surface area contributed by atoms with Crippen molar-refractivity contribution in [3.63, 3.8) is 0 Å². The van der Waals surface area contributed by atoms with Crippen LogP contribution in [0.25, 0.3) is 0 Å². The average Bonchev–Trinajstić information content (AvgIpc) is 2.29. The highest BCUT2D eigenvalue weighted by atomic mass is 15.0. The van der Waals surface area contributed by atoms with Crippen LogP contribution in [-0.4, -0.2) is 11.5 Å². The van der Waals surface area contributed by atoms with Gasteiger partial charge in [-0.05, 0) is 49.8 Å². The molecule has 74 valence electrons. The average molecular weight is 188 g/mol. The third kappa shape index (κ3) is 1.25. The lowest BCUT2D eigenvalue weighted by atomic mass is 9.78. The maximum atomic E-state index is 4.54. The van der Waals surface area contributed by atoms with Gasteiger partial charge in [-0.15, -0.1) is 0 Å². The summed E-state index contributed by atoms with van der Waals surface area (Å²) >= 11 is 0. The second-order valence-electron chi connectivity index (χ2n) is 4.42. The first-order valence-corrected chi connectivity index (χ1v) is 5.62. The SMILES string of the molecule is c1cnc2c(c1)CC[C@@H]1CCCN[C@H]21. The normalized spacial score (nSPS) is 30.6. The van der Waals surface area contributed by atoms with Gasteiger partial charge in [0.1, 0.15) is 0 Å². The Labute approximate surface area is 84.7 Å². The minimum Gasteiger partial charge on any atom is -0.308 e. The number of rotatable bonds is 0. The van der Waals surface area contributed by atoms with Crippen molar-refractivity contribution >= 4 is 0 Å². The number of fused-ring (bicyclic) bond motifs is 3. The molecule has 1 aliphatic heterocycles. The lowest BCUT2D eigenvalue weighted by Crippen LogP contribution is -2.37. The van der Waals surface area contributed by atoms with Gasteiger partial charge in [0.25, 0.3) is 0 Å². The van der Waals surface area contributed by atoms with Gasteiger partial charge in [0.05, 0.1) is 11.7 Å². The molecular formula is C12H16N2. The van der Waals surface area contributed by atoms with Gasteiger partial charge < -0.3 is 5.32 Å². The van der Waals surface area contributed by atoms with Crippen molar-refractivity contribution < 1.29 is 0 Å². The fourth-order valence-electron chi connectivity index (χ4n) is 2.87. The first-order valence-electron chi connectivity index (χ1n) is 5.62. The van der Waals surface area contributed by atoms with Crippen LogP contribution in [0.5, 0.6) is 0 Å². The van der Waals surface area contributed by atoms with Crippen molar-refractivity contribution in [2.24, 2.45) is 5.92 Å². The van der Waals surface area contributed by atoms with E-state index >= 15 is 0 Å². The first kappa shape index (κ1) is 8.42. The Morgan fingerprint density at radius 3 is 3.36 bits per heavy atom. The molecule has 2 heteroatoms. The van der Waals surface area contributed by atoms with E-state index in [-0.39, 0.29) is 0 Å². The minimum atomic E-state index is 0.550. The summed E-state index contributed by atoms with van der Waals surface area (Å²) in [4.78, 5) is 4.54. The van der Waals surface area contributed by atoms with Crippen LogP contribution >= 0.6 is 0 Å². The molecule has 1 aromatic rings. The molecule has 0 bridgehead atoms. The quantitative estimate of drug-likeness (QED) is 0.674. The Hall–Kier alpha value is -0.890. The van der Waals surface area contributed by atoms with Crippen LogP contribution < -0.4 is 5.32 Å². The second kappa shape index (κ2) is 3.35. The van der Waals surface area contributed by atoms with Gasteiger partial charge in [-0.1, -0.05) is 6.07 Å². The van der Waals surface area contributed by atoms with Crippen molar-refractivity contribution in [1.29, 1.82) is 0 Å². The largest absolute Gasteiger partial charge is 0.308 e. The number of hydrogen-bond acceptors (Lipinski definition) is 2. The van der Waals surface area contributed by atoms with Crippen LogP contribution in [0.4, 0.5) is 0 Å². The molecule has 1 fully saturated rings. The minimum absolute atomic E-state index is 0.550. The highest BCUT2D eigenvalue weighted by Gasteiger charge is 2.31. The zero-order valence-corrected chi connectivity index (χ0v) is 8.37. The number of nitrogens with one attached hydrogen (secondary N) is 1.